The van der Waals surface area contributed by atoms with Crippen LogP contribution in [0.4, 0.5) is 0 Å². The number of aromatic nitrogens is 2. The van der Waals surface area contributed by atoms with E-state index in [2.05, 4.69) is 41.8 Å². The molecule has 0 aliphatic heterocycles. The second kappa shape index (κ2) is 6.37. The van der Waals surface area contributed by atoms with Gasteiger partial charge in [0.05, 0.1) is 0 Å². The van der Waals surface area contributed by atoms with Crippen molar-refractivity contribution < 1.29 is 0 Å². The Kier molecular flexibility index (Phi) is 4.81. The fraction of sp³-hybridized carbons (Fsp3) is 0.800. The first kappa shape index (κ1) is 13.6. The molecule has 3 nitrogen and oxygen atoms in total. The Morgan fingerprint density at radius 3 is 3.00 bits per heavy atom. The molecule has 3 heteroatoms. The highest BCUT2D eigenvalue weighted by molar-refractivity contribution is 5.01. The van der Waals surface area contributed by atoms with E-state index in [4.69, 9.17) is 0 Å². The van der Waals surface area contributed by atoms with E-state index >= 15 is 0 Å². The highest BCUT2D eigenvalue weighted by Gasteiger charge is 2.24. The molecule has 18 heavy (non-hydrogen) atoms. The summed E-state index contributed by atoms with van der Waals surface area (Å²) in [6, 6.07) is 1.35. The van der Waals surface area contributed by atoms with Gasteiger partial charge in [-0.05, 0) is 38.6 Å². The molecular weight excluding hydrogens is 222 g/mol. The summed E-state index contributed by atoms with van der Waals surface area (Å²) in [5, 5.41) is 3.68. The molecule has 0 bridgehead atoms. The molecule has 1 aromatic heterocycles. The molecule has 2 rings (SSSR count). The van der Waals surface area contributed by atoms with Gasteiger partial charge < -0.3 is 9.88 Å². The van der Waals surface area contributed by atoms with Crippen LogP contribution in [-0.4, -0.2) is 22.1 Å². The van der Waals surface area contributed by atoms with Crippen LogP contribution in [0, 0.1) is 0 Å². The number of nitrogens with zero attached hydrogens (tertiary/aromatic N) is 2. The molecule has 2 atom stereocenters. The summed E-state index contributed by atoms with van der Waals surface area (Å²) < 4.78 is 2.42. The van der Waals surface area contributed by atoms with Crippen molar-refractivity contribution in [2.75, 3.05) is 6.54 Å². The van der Waals surface area contributed by atoms with Gasteiger partial charge in [-0.1, -0.05) is 20.8 Å². The van der Waals surface area contributed by atoms with Crippen molar-refractivity contribution >= 4 is 0 Å². The van der Waals surface area contributed by atoms with Crippen molar-refractivity contribution in [2.24, 2.45) is 0 Å². The third-order valence-electron chi connectivity index (χ3n) is 3.94. The van der Waals surface area contributed by atoms with Crippen molar-refractivity contribution in [3.63, 3.8) is 0 Å². The summed E-state index contributed by atoms with van der Waals surface area (Å²) in [6.07, 6.45) is 10.6. The van der Waals surface area contributed by atoms with Gasteiger partial charge in [-0.25, -0.2) is 4.98 Å². The molecule has 0 radical (unpaired) electrons. The van der Waals surface area contributed by atoms with Gasteiger partial charge in [-0.3, -0.25) is 0 Å². The first-order valence-electron chi connectivity index (χ1n) is 7.48. The van der Waals surface area contributed by atoms with Crippen molar-refractivity contribution in [1.82, 2.24) is 14.9 Å². The van der Waals surface area contributed by atoms with Crippen molar-refractivity contribution in [2.45, 2.75) is 70.9 Å². The molecule has 1 aliphatic rings. The van der Waals surface area contributed by atoms with E-state index in [1.807, 2.05) is 6.20 Å². The standard InChI is InChI=1S/C15H27N3/c1-4-8-16-13-6-5-7-14(11-13)18-10-9-17-15(18)12(2)3/h9-10,12-14,16H,4-8,11H2,1-3H3. The van der Waals surface area contributed by atoms with E-state index in [-0.39, 0.29) is 0 Å². The van der Waals surface area contributed by atoms with Gasteiger partial charge in [-0.15, -0.1) is 0 Å². The van der Waals surface area contributed by atoms with Crippen LogP contribution in [0.15, 0.2) is 12.4 Å². The average Bonchev–Trinajstić information content (AvgIpc) is 2.86. The molecule has 1 heterocycles. The lowest BCUT2D eigenvalue weighted by Crippen LogP contribution is -2.35. The maximum absolute atomic E-state index is 4.52. The fourth-order valence-corrected chi connectivity index (χ4v) is 3.03. The van der Waals surface area contributed by atoms with E-state index < -0.39 is 0 Å². The highest BCUT2D eigenvalue weighted by Crippen LogP contribution is 2.30. The molecule has 0 aromatic carbocycles. The minimum Gasteiger partial charge on any atom is -0.332 e. The number of hydrogen-bond acceptors (Lipinski definition) is 2. The van der Waals surface area contributed by atoms with E-state index in [0.29, 0.717) is 18.0 Å². The van der Waals surface area contributed by atoms with Crippen molar-refractivity contribution in [1.29, 1.82) is 0 Å². The SMILES string of the molecule is CCCNC1CCCC(n2ccnc2C(C)C)C1. The minimum absolute atomic E-state index is 0.518. The summed E-state index contributed by atoms with van der Waals surface area (Å²) in [6.45, 7) is 7.85. The molecule has 1 aliphatic carbocycles. The molecule has 1 fully saturated rings. The molecule has 0 saturated heterocycles. The van der Waals surface area contributed by atoms with Crippen molar-refractivity contribution in [3.8, 4) is 0 Å². The quantitative estimate of drug-likeness (QED) is 0.865. The minimum atomic E-state index is 0.518. The number of nitrogens with one attached hydrogen (secondary N) is 1. The van der Waals surface area contributed by atoms with Crippen LogP contribution in [0.25, 0.3) is 0 Å². The Labute approximate surface area is 111 Å². The number of imidazole rings is 1. The maximum Gasteiger partial charge on any atom is 0.111 e. The largest absolute Gasteiger partial charge is 0.332 e. The summed E-state index contributed by atoms with van der Waals surface area (Å²) in [7, 11) is 0. The third-order valence-corrected chi connectivity index (χ3v) is 3.94. The Morgan fingerprint density at radius 2 is 2.28 bits per heavy atom. The van der Waals surface area contributed by atoms with Gasteiger partial charge >= 0.3 is 0 Å². The monoisotopic (exact) mass is 249 g/mol. The average molecular weight is 249 g/mol. The zero-order valence-electron chi connectivity index (χ0n) is 12.0. The maximum atomic E-state index is 4.52. The Morgan fingerprint density at radius 1 is 1.44 bits per heavy atom. The van der Waals surface area contributed by atoms with Crippen LogP contribution < -0.4 is 5.32 Å². The first-order valence-corrected chi connectivity index (χ1v) is 7.48. The Hall–Kier alpha value is -0.830. The fourth-order valence-electron chi connectivity index (χ4n) is 3.03. The summed E-state index contributed by atoms with van der Waals surface area (Å²) >= 11 is 0. The van der Waals surface area contributed by atoms with E-state index in [0.717, 1.165) is 6.54 Å². The smallest absolute Gasteiger partial charge is 0.111 e. The predicted molar refractivity (Wildman–Crippen MR) is 75.9 cm³/mol. The molecule has 1 aromatic rings. The van der Waals surface area contributed by atoms with Crippen LogP contribution in [0.3, 0.4) is 0 Å². The molecule has 0 spiro atoms. The predicted octanol–water partition coefficient (Wildman–Crippen LogP) is 3.49. The number of hydrogen-bond donors (Lipinski definition) is 1. The van der Waals surface area contributed by atoms with Gasteiger partial charge in [0.25, 0.3) is 0 Å². The molecule has 102 valence electrons. The zero-order chi connectivity index (χ0) is 13.0. The van der Waals surface area contributed by atoms with Crippen LogP contribution in [-0.2, 0) is 0 Å². The third kappa shape index (κ3) is 3.14. The number of rotatable bonds is 5. The van der Waals surface area contributed by atoms with Crippen LogP contribution in [0.1, 0.15) is 70.7 Å². The first-order chi connectivity index (χ1) is 8.72. The lowest BCUT2D eigenvalue weighted by atomic mass is 9.90. The van der Waals surface area contributed by atoms with Gasteiger partial charge in [0.15, 0.2) is 0 Å². The topological polar surface area (TPSA) is 29.9 Å². The molecule has 0 amide bonds. The van der Waals surface area contributed by atoms with Crippen molar-refractivity contribution in [3.05, 3.63) is 18.2 Å². The summed E-state index contributed by atoms with van der Waals surface area (Å²) in [5.74, 6) is 1.76. The van der Waals surface area contributed by atoms with Gasteiger partial charge in [0.1, 0.15) is 5.82 Å². The summed E-state index contributed by atoms with van der Waals surface area (Å²) in [5.41, 5.74) is 0. The Bertz CT molecular complexity index is 356. The molecule has 1 N–H and O–H groups in total. The zero-order valence-corrected chi connectivity index (χ0v) is 12.0. The van der Waals surface area contributed by atoms with Gasteiger partial charge in [-0.2, -0.15) is 0 Å². The second-order valence-corrected chi connectivity index (χ2v) is 5.82. The van der Waals surface area contributed by atoms with Crippen LogP contribution in [0.5, 0.6) is 0 Å². The lowest BCUT2D eigenvalue weighted by molar-refractivity contribution is 0.279. The van der Waals surface area contributed by atoms with Crippen LogP contribution >= 0.6 is 0 Å². The summed E-state index contributed by atoms with van der Waals surface area (Å²) in [4.78, 5) is 4.52. The Balaban J connectivity index is 2.01. The van der Waals surface area contributed by atoms with E-state index in [1.165, 1.54) is 37.9 Å². The van der Waals surface area contributed by atoms with E-state index in [9.17, 15) is 0 Å². The molecule has 2 unspecified atom stereocenters. The van der Waals surface area contributed by atoms with Gasteiger partial charge in [0.2, 0.25) is 0 Å². The lowest BCUT2D eigenvalue weighted by Gasteiger charge is -2.32. The second-order valence-electron chi connectivity index (χ2n) is 5.82. The molecular formula is C15H27N3. The highest BCUT2D eigenvalue weighted by atomic mass is 15.1. The normalized spacial score (nSPS) is 24.7. The van der Waals surface area contributed by atoms with Gasteiger partial charge in [0, 0.05) is 30.4 Å². The molecule has 1 saturated carbocycles. The van der Waals surface area contributed by atoms with Crippen LogP contribution in [0.2, 0.25) is 0 Å². The van der Waals surface area contributed by atoms with E-state index in [1.54, 1.807) is 0 Å².